The number of rotatable bonds is 5. The number of furan rings is 1. The minimum Gasteiger partial charge on any atom is -0.471 e. The molecule has 160 valence electrons. The highest BCUT2D eigenvalue weighted by molar-refractivity contribution is 7.90. The van der Waals surface area contributed by atoms with E-state index in [0.717, 1.165) is 10.2 Å². The van der Waals surface area contributed by atoms with Crippen molar-refractivity contribution in [2.45, 2.75) is 37.8 Å². The van der Waals surface area contributed by atoms with Crippen LogP contribution in [0, 0.1) is 5.95 Å². The monoisotopic (exact) mass is 435 g/mol. The molecule has 0 N–H and O–H groups in total. The molecule has 0 aliphatic heterocycles. The van der Waals surface area contributed by atoms with Gasteiger partial charge < -0.3 is 14.1 Å². The third kappa shape index (κ3) is 4.23. The van der Waals surface area contributed by atoms with Crippen LogP contribution < -0.4 is 0 Å². The molecule has 0 fully saturated rings. The average Bonchev–Trinajstić information content (AvgIpc) is 3.36. The summed E-state index contributed by atoms with van der Waals surface area (Å²) in [6, 6.07) is 5.65. The van der Waals surface area contributed by atoms with Crippen molar-refractivity contribution in [3.63, 3.8) is 0 Å². The number of nitrogens with zero attached hydrogens (tertiary/aromatic N) is 3. The van der Waals surface area contributed by atoms with E-state index in [-0.39, 0.29) is 22.8 Å². The molecule has 0 radical (unpaired) electrons. The van der Waals surface area contributed by atoms with Crippen LogP contribution in [0.15, 0.2) is 58.5 Å². The van der Waals surface area contributed by atoms with Crippen molar-refractivity contribution in [3.8, 4) is 11.3 Å². The van der Waals surface area contributed by atoms with Crippen LogP contribution in [0.1, 0.15) is 26.3 Å². The minimum absolute atomic E-state index is 0.00560. The number of pyridine rings is 1. The summed E-state index contributed by atoms with van der Waals surface area (Å²) in [6.45, 7) is 5.37. The molecule has 0 spiro atoms. The standard InChI is InChI=1S/C20H22FN3O5S/c1-20(2,3)23(4)19(25)29-12-14-10-17(16-6-5-8-22-18(16)21)24(11-14)30(26,27)15-7-9-28-13-15/h5-11,13H,12H2,1-4H3. The Labute approximate surface area is 173 Å². The van der Waals surface area contributed by atoms with E-state index < -0.39 is 27.6 Å². The third-order valence-corrected chi connectivity index (χ3v) is 6.22. The van der Waals surface area contributed by atoms with Crippen LogP contribution in [0.4, 0.5) is 9.18 Å². The highest BCUT2D eigenvalue weighted by atomic mass is 32.2. The van der Waals surface area contributed by atoms with E-state index in [4.69, 9.17) is 9.15 Å². The van der Waals surface area contributed by atoms with Gasteiger partial charge in [0.2, 0.25) is 5.95 Å². The fourth-order valence-electron chi connectivity index (χ4n) is 2.58. The second-order valence-corrected chi connectivity index (χ2v) is 9.43. The molecule has 0 aliphatic carbocycles. The van der Waals surface area contributed by atoms with Crippen molar-refractivity contribution in [1.82, 2.24) is 13.9 Å². The molecule has 30 heavy (non-hydrogen) atoms. The Hall–Kier alpha value is -3.14. The van der Waals surface area contributed by atoms with E-state index in [1.54, 1.807) is 7.05 Å². The van der Waals surface area contributed by atoms with E-state index in [1.807, 2.05) is 20.8 Å². The van der Waals surface area contributed by atoms with Crippen LogP contribution in [0.25, 0.3) is 11.3 Å². The van der Waals surface area contributed by atoms with Gasteiger partial charge in [-0.2, -0.15) is 4.39 Å². The number of halogens is 1. The molecule has 8 nitrogen and oxygen atoms in total. The molecule has 0 aliphatic rings. The maximum Gasteiger partial charge on any atom is 0.410 e. The summed E-state index contributed by atoms with van der Waals surface area (Å²) >= 11 is 0. The molecular formula is C20H22FN3O5S. The van der Waals surface area contributed by atoms with Crippen molar-refractivity contribution in [1.29, 1.82) is 0 Å². The van der Waals surface area contributed by atoms with Crippen molar-refractivity contribution >= 4 is 16.1 Å². The maximum atomic E-state index is 14.3. The van der Waals surface area contributed by atoms with Gasteiger partial charge in [0, 0.05) is 30.5 Å². The molecule has 0 aromatic carbocycles. The summed E-state index contributed by atoms with van der Waals surface area (Å²) in [5.74, 6) is -0.824. The third-order valence-electron chi connectivity index (χ3n) is 4.57. The summed E-state index contributed by atoms with van der Waals surface area (Å²) in [4.78, 5) is 17.2. The van der Waals surface area contributed by atoms with Crippen LogP contribution in [0.2, 0.25) is 0 Å². The maximum absolute atomic E-state index is 14.3. The highest BCUT2D eigenvalue weighted by Gasteiger charge is 2.26. The number of carbonyl (C=O) groups excluding carboxylic acids is 1. The van der Waals surface area contributed by atoms with Gasteiger partial charge in [-0.15, -0.1) is 0 Å². The molecule has 3 rings (SSSR count). The van der Waals surface area contributed by atoms with E-state index in [0.29, 0.717) is 5.56 Å². The first-order valence-electron chi connectivity index (χ1n) is 9.02. The molecule has 0 atom stereocenters. The van der Waals surface area contributed by atoms with E-state index in [9.17, 15) is 17.6 Å². The number of hydrogen-bond donors (Lipinski definition) is 0. The molecule has 10 heteroatoms. The van der Waals surface area contributed by atoms with Crippen LogP contribution >= 0.6 is 0 Å². The highest BCUT2D eigenvalue weighted by Crippen LogP contribution is 2.29. The summed E-state index contributed by atoms with van der Waals surface area (Å²) in [5, 5.41) is 0. The number of amides is 1. The Morgan fingerprint density at radius 1 is 1.33 bits per heavy atom. The first-order chi connectivity index (χ1) is 14.0. The summed E-state index contributed by atoms with van der Waals surface area (Å²) in [5.41, 5.74) is -0.0283. The van der Waals surface area contributed by atoms with Crippen molar-refractivity contribution in [2.75, 3.05) is 7.05 Å². The van der Waals surface area contributed by atoms with Gasteiger partial charge in [-0.25, -0.2) is 22.2 Å². The number of carbonyl (C=O) groups is 1. The summed E-state index contributed by atoms with van der Waals surface area (Å²) in [7, 11) is -2.47. The molecule has 0 saturated carbocycles. The molecule has 0 saturated heterocycles. The van der Waals surface area contributed by atoms with Gasteiger partial charge in [-0.1, -0.05) is 0 Å². The van der Waals surface area contributed by atoms with E-state index in [1.165, 1.54) is 47.8 Å². The largest absolute Gasteiger partial charge is 0.471 e. The van der Waals surface area contributed by atoms with E-state index in [2.05, 4.69) is 4.98 Å². The molecule has 1 amide bonds. The summed E-state index contributed by atoms with van der Waals surface area (Å²) < 4.78 is 51.5. The summed E-state index contributed by atoms with van der Waals surface area (Å²) in [6.07, 6.45) is 4.29. The van der Waals surface area contributed by atoms with Gasteiger partial charge in [0.15, 0.2) is 0 Å². The fraction of sp³-hybridized carbons (Fsp3) is 0.300. The van der Waals surface area contributed by atoms with Gasteiger partial charge in [0.25, 0.3) is 10.0 Å². The number of ether oxygens (including phenoxy) is 1. The van der Waals surface area contributed by atoms with Crippen LogP contribution in [-0.4, -0.2) is 41.0 Å². The molecular weight excluding hydrogens is 413 g/mol. The van der Waals surface area contributed by atoms with Gasteiger partial charge in [-0.05, 0) is 45.0 Å². The predicted molar refractivity (Wildman–Crippen MR) is 107 cm³/mol. The van der Waals surface area contributed by atoms with Gasteiger partial charge >= 0.3 is 6.09 Å². The number of aromatic nitrogens is 2. The lowest BCUT2D eigenvalue weighted by Gasteiger charge is -2.30. The second-order valence-electron chi connectivity index (χ2n) is 7.62. The fourth-order valence-corrected chi connectivity index (χ4v) is 3.89. The van der Waals surface area contributed by atoms with Gasteiger partial charge in [0.1, 0.15) is 17.8 Å². The Kier molecular flexibility index (Phi) is 5.71. The zero-order chi connectivity index (χ0) is 22.1. The van der Waals surface area contributed by atoms with Crippen molar-refractivity contribution < 1.29 is 26.8 Å². The van der Waals surface area contributed by atoms with E-state index >= 15 is 0 Å². The Bertz CT molecular complexity index is 1150. The first kappa shape index (κ1) is 21.6. The van der Waals surface area contributed by atoms with Crippen molar-refractivity contribution in [2.24, 2.45) is 0 Å². The molecule has 0 unspecified atom stereocenters. The Morgan fingerprint density at radius 2 is 2.07 bits per heavy atom. The predicted octanol–water partition coefficient (Wildman–Crippen LogP) is 3.89. The van der Waals surface area contributed by atoms with Crippen LogP contribution in [-0.2, 0) is 21.4 Å². The molecule has 3 aromatic rings. The lowest BCUT2D eigenvalue weighted by atomic mass is 10.1. The Morgan fingerprint density at radius 3 is 2.67 bits per heavy atom. The quantitative estimate of drug-likeness (QED) is 0.565. The lowest BCUT2D eigenvalue weighted by molar-refractivity contribution is 0.0759. The molecule has 3 aromatic heterocycles. The molecule has 3 heterocycles. The zero-order valence-corrected chi connectivity index (χ0v) is 17.8. The SMILES string of the molecule is CN(C(=O)OCc1cc(-c2cccnc2F)n(S(=O)(=O)c2ccoc2)c1)C(C)(C)C. The van der Waals surface area contributed by atoms with Gasteiger partial charge in [0.05, 0.1) is 17.5 Å². The normalized spacial score (nSPS) is 12.0. The topological polar surface area (TPSA) is 94.6 Å². The Balaban J connectivity index is 2.00. The zero-order valence-electron chi connectivity index (χ0n) is 17.0. The smallest absolute Gasteiger partial charge is 0.410 e. The second kappa shape index (κ2) is 7.94. The first-order valence-corrected chi connectivity index (χ1v) is 10.5. The average molecular weight is 435 g/mol. The lowest BCUT2D eigenvalue weighted by Crippen LogP contribution is -2.42. The van der Waals surface area contributed by atoms with Crippen LogP contribution in [0.3, 0.4) is 0 Å². The molecule has 0 bridgehead atoms. The van der Waals surface area contributed by atoms with Crippen LogP contribution in [0.5, 0.6) is 0 Å². The van der Waals surface area contributed by atoms with Crippen molar-refractivity contribution in [3.05, 3.63) is 60.7 Å². The van der Waals surface area contributed by atoms with Gasteiger partial charge in [-0.3, -0.25) is 0 Å². The minimum atomic E-state index is -4.07. The number of hydrogen-bond acceptors (Lipinski definition) is 6.